The Balaban J connectivity index is 2.49. The van der Waals surface area contributed by atoms with Crippen LogP contribution in [0, 0.1) is 10.1 Å². The third-order valence-electron chi connectivity index (χ3n) is 2.04. The van der Waals surface area contributed by atoms with Gasteiger partial charge >= 0.3 is 10.1 Å². The van der Waals surface area contributed by atoms with Crippen molar-refractivity contribution in [1.82, 2.24) is 0 Å². The highest BCUT2D eigenvalue weighted by atomic mass is 32.2. The zero-order valence-corrected chi connectivity index (χ0v) is 9.14. The van der Waals surface area contributed by atoms with Gasteiger partial charge in [-0.1, -0.05) is 0 Å². The molecule has 0 spiro atoms. The monoisotopic (exact) mass is 257 g/mol. The highest BCUT2D eigenvalue weighted by Gasteiger charge is 2.24. The molecule has 17 heavy (non-hydrogen) atoms. The van der Waals surface area contributed by atoms with Crippen molar-refractivity contribution >= 4 is 27.3 Å². The van der Waals surface area contributed by atoms with E-state index in [2.05, 4.69) is 10.3 Å². The van der Waals surface area contributed by atoms with Crippen molar-refractivity contribution in [1.29, 1.82) is 0 Å². The Kier molecular flexibility index (Phi) is 2.56. The van der Waals surface area contributed by atoms with E-state index in [1.807, 2.05) is 0 Å². The molecular formula is C8H7N3O5S. The minimum Gasteiger partial charge on any atom is -0.342 e. The van der Waals surface area contributed by atoms with E-state index < -0.39 is 25.6 Å². The van der Waals surface area contributed by atoms with E-state index in [-0.39, 0.29) is 0 Å². The number of benzene rings is 1. The summed E-state index contributed by atoms with van der Waals surface area (Å²) in [6.07, 6.45) is 0. The molecule has 2 N–H and O–H groups in total. The summed E-state index contributed by atoms with van der Waals surface area (Å²) in [5.41, 5.74) is -0.352. The summed E-state index contributed by atoms with van der Waals surface area (Å²) in [6, 6.07) is 3.34. The molecule has 1 aromatic carbocycles. The van der Waals surface area contributed by atoms with Crippen molar-refractivity contribution in [3.63, 3.8) is 0 Å². The van der Waals surface area contributed by atoms with Crippen LogP contribution in [-0.2, 0) is 10.1 Å². The Labute approximate surface area is 95.9 Å². The molecule has 0 aromatic heterocycles. The van der Waals surface area contributed by atoms with Crippen LogP contribution in [0.2, 0.25) is 0 Å². The fraction of sp³-hybridized carbons (Fsp3) is 0.125. The number of hydrogen-bond donors (Lipinski definition) is 2. The van der Waals surface area contributed by atoms with E-state index in [1.165, 1.54) is 6.07 Å². The van der Waals surface area contributed by atoms with Crippen molar-refractivity contribution in [3.8, 4) is 0 Å². The lowest BCUT2D eigenvalue weighted by molar-refractivity contribution is -0.387. The normalized spacial score (nSPS) is 14.1. The number of anilines is 1. The maximum Gasteiger partial charge on any atom is 0.301 e. The minimum atomic E-state index is -4.64. The van der Waals surface area contributed by atoms with Gasteiger partial charge in [-0.05, 0) is 12.1 Å². The van der Waals surface area contributed by atoms with E-state index in [0.717, 1.165) is 12.1 Å². The van der Waals surface area contributed by atoms with Crippen LogP contribution in [0.15, 0.2) is 28.1 Å². The van der Waals surface area contributed by atoms with Crippen LogP contribution in [-0.4, -0.2) is 30.3 Å². The number of nitro benzene ring substituents is 1. The second kappa shape index (κ2) is 3.79. The number of nitro groups is 1. The molecular weight excluding hydrogens is 250 g/mol. The number of aliphatic imine (C=N–C) groups is 1. The molecule has 2 rings (SSSR count). The topological polar surface area (TPSA) is 122 Å². The molecule has 1 aliphatic rings. The third-order valence-corrected chi connectivity index (χ3v) is 2.92. The van der Waals surface area contributed by atoms with E-state index in [9.17, 15) is 18.5 Å². The fourth-order valence-electron chi connectivity index (χ4n) is 1.23. The molecule has 0 radical (unpaired) electrons. The number of nitrogens with zero attached hydrogens (tertiary/aromatic N) is 2. The number of hydrogen-bond acceptors (Lipinski definition) is 6. The van der Waals surface area contributed by atoms with Crippen molar-refractivity contribution in [2.24, 2.45) is 4.99 Å². The lowest BCUT2D eigenvalue weighted by Crippen LogP contribution is -2.06. The Morgan fingerprint density at radius 1 is 1.47 bits per heavy atom. The van der Waals surface area contributed by atoms with Gasteiger partial charge in [-0.25, -0.2) is 0 Å². The van der Waals surface area contributed by atoms with Crippen molar-refractivity contribution in [2.45, 2.75) is 4.90 Å². The van der Waals surface area contributed by atoms with Crippen LogP contribution < -0.4 is 5.32 Å². The first-order valence-electron chi connectivity index (χ1n) is 4.44. The highest BCUT2D eigenvalue weighted by Crippen LogP contribution is 2.27. The van der Waals surface area contributed by atoms with Gasteiger partial charge in [0.2, 0.25) is 0 Å². The first-order chi connectivity index (χ1) is 7.88. The summed E-state index contributed by atoms with van der Waals surface area (Å²) in [6.45, 7) is 0.526. The Morgan fingerprint density at radius 2 is 2.12 bits per heavy atom. The summed E-state index contributed by atoms with van der Waals surface area (Å²) in [4.78, 5) is 12.8. The zero-order chi connectivity index (χ0) is 12.6. The molecule has 0 fully saturated rings. The van der Waals surface area contributed by atoms with Gasteiger partial charge in [0.25, 0.3) is 5.69 Å². The van der Waals surface area contributed by atoms with Crippen LogP contribution in [0.3, 0.4) is 0 Å². The lowest BCUT2D eigenvalue weighted by atomic mass is 10.3. The molecule has 1 aliphatic heterocycles. The highest BCUT2D eigenvalue weighted by molar-refractivity contribution is 7.86. The van der Waals surface area contributed by atoms with Gasteiger partial charge < -0.3 is 5.32 Å². The number of nitrogens with one attached hydrogen (secondary N) is 1. The van der Waals surface area contributed by atoms with Crippen LogP contribution in [0.1, 0.15) is 0 Å². The average Bonchev–Trinajstić information content (AvgIpc) is 3.00. The molecule has 8 nitrogen and oxygen atoms in total. The van der Waals surface area contributed by atoms with E-state index in [0.29, 0.717) is 18.1 Å². The fourth-order valence-corrected chi connectivity index (χ4v) is 1.92. The van der Waals surface area contributed by atoms with Gasteiger partial charge in [-0.15, -0.1) is 0 Å². The summed E-state index contributed by atoms with van der Waals surface area (Å²) in [5.74, 6) is 0.653. The van der Waals surface area contributed by atoms with Crippen molar-refractivity contribution in [2.75, 3.05) is 11.9 Å². The first-order valence-corrected chi connectivity index (χ1v) is 5.88. The molecule has 0 saturated heterocycles. The maximum atomic E-state index is 11.0. The second-order valence-corrected chi connectivity index (χ2v) is 4.69. The van der Waals surface area contributed by atoms with Crippen molar-refractivity contribution in [3.05, 3.63) is 28.3 Å². The Hall–Kier alpha value is -2.00. The average molecular weight is 257 g/mol. The van der Waals surface area contributed by atoms with Gasteiger partial charge in [0.1, 0.15) is 5.84 Å². The maximum absolute atomic E-state index is 11.0. The number of rotatable bonds is 3. The van der Waals surface area contributed by atoms with Gasteiger partial charge in [0.15, 0.2) is 4.90 Å². The molecule has 0 aliphatic carbocycles. The van der Waals surface area contributed by atoms with Crippen molar-refractivity contribution < 1.29 is 17.9 Å². The first kappa shape index (κ1) is 11.5. The molecule has 9 heteroatoms. The molecule has 0 amide bonds. The molecule has 1 heterocycles. The third kappa shape index (κ3) is 2.57. The SMILES string of the molecule is O=[N+]([O-])c1ccc(NC2=NC2)cc1S(=O)(=O)O. The van der Waals surface area contributed by atoms with Gasteiger partial charge in [0, 0.05) is 11.8 Å². The van der Waals surface area contributed by atoms with Gasteiger partial charge in [-0.3, -0.25) is 19.7 Å². The Bertz CT molecular complexity index is 622. The Morgan fingerprint density at radius 3 is 2.59 bits per heavy atom. The zero-order valence-electron chi connectivity index (χ0n) is 8.32. The predicted molar refractivity (Wildman–Crippen MR) is 58.8 cm³/mol. The quantitative estimate of drug-likeness (QED) is 0.466. The largest absolute Gasteiger partial charge is 0.342 e. The molecule has 0 atom stereocenters. The van der Waals surface area contributed by atoms with E-state index in [1.54, 1.807) is 0 Å². The molecule has 0 bridgehead atoms. The van der Waals surface area contributed by atoms with Crippen LogP contribution in [0.4, 0.5) is 11.4 Å². The van der Waals surface area contributed by atoms with E-state index >= 15 is 0 Å². The standard InChI is InChI=1S/C8H7N3O5S/c12-11(13)6-2-1-5(10-8-4-9-8)3-7(6)17(14,15)16/h1-3H,4H2,(H,9,10)(H,14,15,16). The summed E-state index contributed by atoms with van der Waals surface area (Å²) in [7, 11) is -4.64. The smallest absolute Gasteiger partial charge is 0.301 e. The predicted octanol–water partition coefficient (Wildman–Crippen LogP) is 0.665. The van der Waals surface area contributed by atoms with Gasteiger partial charge in [-0.2, -0.15) is 8.42 Å². The lowest BCUT2D eigenvalue weighted by Gasteiger charge is -2.03. The van der Waals surface area contributed by atoms with E-state index in [4.69, 9.17) is 4.55 Å². The summed E-state index contributed by atoms with van der Waals surface area (Å²) >= 11 is 0. The van der Waals surface area contributed by atoms with Crippen LogP contribution in [0.25, 0.3) is 0 Å². The summed E-state index contributed by atoms with van der Waals surface area (Å²) in [5, 5.41) is 13.3. The van der Waals surface area contributed by atoms with Gasteiger partial charge in [0.05, 0.1) is 11.5 Å². The second-order valence-electron chi connectivity index (χ2n) is 3.30. The number of amidine groups is 1. The molecule has 0 saturated carbocycles. The summed E-state index contributed by atoms with van der Waals surface area (Å²) < 4.78 is 30.9. The molecule has 1 aromatic rings. The van der Waals surface area contributed by atoms with Crippen LogP contribution >= 0.6 is 0 Å². The minimum absolute atomic E-state index is 0.319. The molecule has 0 unspecified atom stereocenters. The molecule has 90 valence electrons. The van der Waals surface area contributed by atoms with Crippen LogP contribution in [0.5, 0.6) is 0 Å².